The smallest absolute Gasteiger partial charge is 0.308 e. The van der Waals surface area contributed by atoms with E-state index in [9.17, 15) is 14.7 Å². The molecule has 0 aliphatic heterocycles. The van der Waals surface area contributed by atoms with Crippen molar-refractivity contribution in [2.75, 3.05) is 32.8 Å². The Morgan fingerprint density at radius 3 is 1.17 bits per heavy atom. The minimum Gasteiger partial charge on any atom is -0.465 e. The van der Waals surface area contributed by atoms with Crippen LogP contribution < -0.4 is 0 Å². The highest BCUT2D eigenvalue weighted by Gasteiger charge is 2.22. The Morgan fingerprint density at radius 2 is 0.776 bits per heavy atom. The molecule has 0 saturated heterocycles. The van der Waals surface area contributed by atoms with E-state index in [-0.39, 0.29) is 29.9 Å². The van der Waals surface area contributed by atoms with Crippen LogP contribution in [0.3, 0.4) is 0 Å². The lowest BCUT2D eigenvalue weighted by molar-refractivity contribution is -0.150. The van der Waals surface area contributed by atoms with Gasteiger partial charge in [-0.25, -0.2) is 0 Å². The number of aliphatic hydroxyl groups excluding tert-OH is 1. The second-order valence-corrected chi connectivity index (χ2v) is 18.7. The van der Waals surface area contributed by atoms with E-state index in [0.717, 1.165) is 115 Å². The van der Waals surface area contributed by atoms with Crippen molar-refractivity contribution < 1.29 is 24.2 Å². The summed E-state index contributed by atoms with van der Waals surface area (Å²) in [7, 11) is 0. The summed E-state index contributed by atoms with van der Waals surface area (Å²) in [5.74, 6) is 1.07. The number of nitrogens with zero attached hydrogens (tertiary/aromatic N) is 1. The van der Waals surface area contributed by atoms with Gasteiger partial charge in [0.05, 0.1) is 31.2 Å². The van der Waals surface area contributed by atoms with Crippen molar-refractivity contribution in [2.24, 2.45) is 17.8 Å². The van der Waals surface area contributed by atoms with E-state index in [1.807, 2.05) is 0 Å². The first kappa shape index (κ1) is 54.9. The number of rotatable bonds is 43. The van der Waals surface area contributed by atoms with Gasteiger partial charge in [-0.1, -0.05) is 182 Å². The Hall–Kier alpha value is -1.14. The average Bonchev–Trinajstić information content (AvgIpc) is 3.23. The Labute approximate surface area is 361 Å². The fourth-order valence-electron chi connectivity index (χ4n) is 9.03. The third kappa shape index (κ3) is 32.6. The normalized spacial score (nSPS) is 16.8. The van der Waals surface area contributed by atoms with Crippen molar-refractivity contribution in [1.29, 1.82) is 0 Å². The molecular formula is C52H101NO5. The molecular weight excluding hydrogens is 719 g/mol. The van der Waals surface area contributed by atoms with Crippen LogP contribution in [0.25, 0.3) is 0 Å². The molecule has 0 amide bonds. The molecule has 0 radical (unpaired) electrons. The van der Waals surface area contributed by atoms with Crippen LogP contribution in [0.5, 0.6) is 0 Å². The van der Waals surface area contributed by atoms with Gasteiger partial charge in [0.2, 0.25) is 0 Å². The zero-order valence-electron chi connectivity index (χ0n) is 39.5. The minimum atomic E-state index is -0.0834. The SMILES string of the molecule is CCCCCCCCC(CCCCCC)C(=O)OCCCCCCN(CCCCCCOC(=O)C(CCCCCC)CCCCCCCC)CCC1CCC(O)CC1. The molecule has 344 valence electrons. The van der Waals surface area contributed by atoms with Gasteiger partial charge in [0.25, 0.3) is 0 Å². The van der Waals surface area contributed by atoms with Crippen molar-refractivity contribution in [3.8, 4) is 0 Å². The van der Waals surface area contributed by atoms with Gasteiger partial charge in [0.1, 0.15) is 0 Å². The molecule has 0 bridgehead atoms. The third-order valence-electron chi connectivity index (χ3n) is 13.2. The van der Waals surface area contributed by atoms with Crippen molar-refractivity contribution in [3.63, 3.8) is 0 Å². The number of ether oxygens (including phenoxy) is 2. The standard InChI is InChI=1S/C52H101NO5/c1-5-9-13-17-19-27-35-48(33-25-15-11-7-3)51(55)57-45-31-23-21-29-42-53(44-41-47-37-39-50(54)40-38-47)43-30-22-24-32-46-58-52(56)49(34-26-16-12-8-4)36-28-20-18-14-10-6-2/h47-50,54H,5-46H2,1-4H3. The second kappa shape index (κ2) is 41.2. The predicted octanol–water partition coefficient (Wildman–Crippen LogP) is 15.1. The maximum atomic E-state index is 13.1. The molecule has 6 nitrogen and oxygen atoms in total. The topological polar surface area (TPSA) is 76.1 Å². The van der Waals surface area contributed by atoms with Crippen molar-refractivity contribution in [1.82, 2.24) is 4.90 Å². The van der Waals surface area contributed by atoms with Crippen molar-refractivity contribution >= 4 is 11.9 Å². The van der Waals surface area contributed by atoms with E-state index in [4.69, 9.17) is 9.47 Å². The lowest BCUT2D eigenvalue weighted by Crippen LogP contribution is -2.30. The largest absolute Gasteiger partial charge is 0.465 e. The van der Waals surface area contributed by atoms with E-state index < -0.39 is 0 Å². The molecule has 1 rings (SSSR count). The number of unbranched alkanes of at least 4 members (excludes halogenated alkanes) is 22. The Morgan fingerprint density at radius 1 is 0.448 bits per heavy atom. The number of hydrogen-bond acceptors (Lipinski definition) is 6. The van der Waals surface area contributed by atoms with Crippen LogP contribution in [0, 0.1) is 17.8 Å². The zero-order chi connectivity index (χ0) is 42.2. The summed E-state index contributed by atoms with van der Waals surface area (Å²) in [6, 6.07) is 0. The van der Waals surface area contributed by atoms with Crippen LogP contribution >= 0.6 is 0 Å². The first-order valence-electron chi connectivity index (χ1n) is 26.2. The average molecular weight is 820 g/mol. The molecule has 1 saturated carbocycles. The summed E-state index contributed by atoms with van der Waals surface area (Å²) in [6.07, 6.45) is 43.4. The van der Waals surface area contributed by atoms with Gasteiger partial charge in [-0.05, 0) is 109 Å². The molecule has 0 heterocycles. The molecule has 0 aromatic heterocycles. The zero-order valence-corrected chi connectivity index (χ0v) is 39.5. The number of hydrogen-bond donors (Lipinski definition) is 1. The van der Waals surface area contributed by atoms with Crippen LogP contribution in [0.4, 0.5) is 0 Å². The molecule has 2 unspecified atom stereocenters. The summed E-state index contributed by atoms with van der Waals surface area (Å²) in [5.41, 5.74) is 0. The lowest BCUT2D eigenvalue weighted by Gasteiger charge is -2.29. The first-order valence-corrected chi connectivity index (χ1v) is 26.2. The van der Waals surface area contributed by atoms with Gasteiger partial charge in [-0.3, -0.25) is 9.59 Å². The highest BCUT2D eigenvalue weighted by Crippen LogP contribution is 2.27. The van der Waals surface area contributed by atoms with Gasteiger partial charge < -0.3 is 19.5 Å². The number of esters is 2. The summed E-state index contributed by atoms with van der Waals surface area (Å²) < 4.78 is 11.7. The predicted molar refractivity (Wildman–Crippen MR) is 248 cm³/mol. The van der Waals surface area contributed by atoms with E-state index in [1.54, 1.807) is 0 Å². The second-order valence-electron chi connectivity index (χ2n) is 18.7. The summed E-state index contributed by atoms with van der Waals surface area (Å²) in [5, 5.41) is 10.0. The molecule has 0 aromatic carbocycles. The van der Waals surface area contributed by atoms with Gasteiger partial charge in [-0.15, -0.1) is 0 Å². The Balaban J connectivity index is 2.41. The van der Waals surface area contributed by atoms with Crippen LogP contribution in [-0.2, 0) is 19.1 Å². The molecule has 1 aliphatic carbocycles. The van der Waals surface area contributed by atoms with Gasteiger partial charge in [0, 0.05) is 0 Å². The van der Waals surface area contributed by atoms with Gasteiger partial charge in [-0.2, -0.15) is 0 Å². The summed E-state index contributed by atoms with van der Waals surface area (Å²) in [6.45, 7) is 13.6. The fourth-order valence-corrected chi connectivity index (χ4v) is 9.03. The van der Waals surface area contributed by atoms with E-state index in [0.29, 0.717) is 13.2 Å². The van der Waals surface area contributed by atoms with Crippen molar-refractivity contribution in [2.45, 2.75) is 271 Å². The van der Waals surface area contributed by atoms with Crippen LogP contribution in [0.2, 0.25) is 0 Å². The van der Waals surface area contributed by atoms with E-state index in [2.05, 4.69) is 32.6 Å². The molecule has 0 spiro atoms. The van der Waals surface area contributed by atoms with Gasteiger partial charge >= 0.3 is 11.9 Å². The highest BCUT2D eigenvalue weighted by atomic mass is 16.5. The number of carbonyl (C=O) groups is 2. The fraction of sp³-hybridized carbons (Fsp3) is 0.962. The molecule has 6 heteroatoms. The molecule has 2 atom stereocenters. The number of carbonyl (C=O) groups excluding carboxylic acids is 2. The molecule has 1 aliphatic rings. The molecule has 1 fully saturated rings. The Kier molecular flexibility index (Phi) is 39.0. The summed E-state index contributed by atoms with van der Waals surface area (Å²) >= 11 is 0. The maximum absolute atomic E-state index is 13.1. The highest BCUT2D eigenvalue weighted by molar-refractivity contribution is 5.72. The number of aliphatic hydroxyl groups is 1. The molecule has 1 N–H and O–H groups in total. The van der Waals surface area contributed by atoms with E-state index in [1.165, 1.54) is 148 Å². The quantitative estimate of drug-likeness (QED) is 0.0488. The molecule has 0 aromatic rings. The van der Waals surface area contributed by atoms with Crippen LogP contribution in [0.15, 0.2) is 0 Å². The minimum absolute atomic E-state index is 0.0649. The maximum Gasteiger partial charge on any atom is 0.308 e. The first-order chi connectivity index (χ1) is 28.4. The monoisotopic (exact) mass is 820 g/mol. The molecule has 58 heavy (non-hydrogen) atoms. The van der Waals surface area contributed by atoms with E-state index >= 15 is 0 Å². The van der Waals surface area contributed by atoms with Gasteiger partial charge in [0.15, 0.2) is 0 Å². The van der Waals surface area contributed by atoms with Crippen LogP contribution in [-0.4, -0.2) is 60.9 Å². The summed E-state index contributed by atoms with van der Waals surface area (Å²) in [4.78, 5) is 28.8. The Bertz CT molecular complexity index is 831. The van der Waals surface area contributed by atoms with Crippen LogP contribution in [0.1, 0.15) is 265 Å². The lowest BCUT2D eigenvalue weighted by atomic mass is 9.85. The third-order valence-corrected chi connectivity index (χ3v) is 13.2. The van der Waals surface area contributed by atoms with Crippen molar-refractivity contribution in [3.05, 3.63) is 0 Å².